The number of nitrogen functional groups attached to an aromatic ring is 1. The van der Waals surface area contributed by atoms with Crippen LogP contribution in [0, 0.1) is 6.92 Å². The van der Waals surface area contributed by atoms with Crippen molar-refractivity contribution in [1.82, 2.24) is 58.6 Å². The third kappa shape index (κ3) is 13.7. The SMILES string of the molecule is CC.CC.CC.Cc1nc(NC(C)(C)C)c2ncn(C)c2n1.Cn1cnc2c(OC(C)(C)C)nc(N)nc21.Cn1cnc2c(OC(C)(C)C)ncnc21. The quantitative estimate of drug-likeness (QED) is 0.181. The highest BCUT2D eigenvalue weighted by Gasteiger charge is 2.20. The van der Waals surface area contributed by atoms with Gasteiger partial charge in [-0.2, -0.15) is 15.0 Å². The van der Waals surface area contributed by atoms with E-state index >= 15 is 0 Å². The van der Waals surface area contributed by atoms with Crippen molar-refractivity contribution < 1.29 is 9.47 Å². The molecule has 294 valence electrons. The molecule has 6 heterocycles. The van der Waals surface area contributed by atoms with Crippen LogP contribution >= 0.6 is 0 Å². The molecule has 16 heteroatoms. The number of hydrogen-bond donors (Lipinski definition) is 2. The minimum atomic E-state index is -0.342. The van der Waals surface area contributed by atoms with E-state index in [1.54, 1.807) is 23.5 Å². The Morgan fingerprint density at radius 2 is 0.981 bits per heavy atom. The fourth-order valence-corrected chi connectivity index (χ4v) is 4.20. The van der Waals surface area contributed by atoms with E-state index in [9.17, 15) is 0 Å². The van der Waals surface area contributed by atoms with Gasteiger partial charge in [-0.1, -0.05) is 41.5 Å². The Bertz CT molecular complexity index is 1890. The lowest BCUT2D eigenvalue weighted by Crippen LogP contribution is -2.27. The Labute approximate surface area is 315 Å². The lowest BCUT2D eigenvalue weighted by atomic mass is 10.1. The molecule has 6 rings (SSSR count). The van der Waals surface area contributed by atoms with Crippen LogP contribution in [0.2, 0.25) is 0 Å². The summed E-state index contributed by atoms with van der Waals surface area (Å²) in [4.78, 5) is 37.9. The Morgan fingerprint density at radius 3 is 1.47 bits per heavy atom. The average Bonchev–Trinajstić information content (AvgIpc) is 3.76. The van der Waals surface area contributed by atoms with Crippen molar-refractivity contribution in [2.24, 2.45) is 21.1 Å². The predicted molar refractivity (Wildman–Crippen MR) is 216 cm³/mol. The average molecular weight is 737 g/mol. The Morgan fingerprint density at radius 1 is 0.547 bits per heavy atom. The molecule has 0 radical (unpaired) electrons. The number of aromatic nitrogens is 12. The van der Waals surface area contributed by atoms with Crippen molar-refractivity contribution in [3.8, 4) is 11.8 Å². The molecule has 6 aromatic heterocycles. The smallest absolute Gasteiger partial charge is 0.247 e. The van der Waals surface area contributed by atoms with Gasteiger partial charge in [0, 0.05) is 26.7 Å². The zero-order valence-electron chi connectivity index (χ0n) is 35.6. The molecule has 6 aromatic rings. The molecule has 3 N–H and O–H groups in total. The predicted octanol–water partition coefficient (Wildman–Crippen LogP) is 7.62. The van der Waals surface area contributed by atoms with Gasteiger partial charge < -0.3 is 34.2 Å². The maximum Gasteiger partial charge on any atom is 0.247 e. The van der Waals surface area contributed by atoms with E-state index in [4.69, 9.17) is 15.2 Å². The van der Waals surface area contributed by atoms with E-state index in [1.807, 2.05) is 120 Å². The number of aryl methyl sites for hydroxylation is 4. The van der Waals surface area contributed by atoms with E-state index < -0.39 is 0 Å². The van der Waals surface area contributed by atoms with Crippen LogP contribution in [0.5, 0.6) is 11.8 Å². The highest BCUT2D eigenvalue weighted by atomic mass is 16.5. The van der Waals surface area contributed by atoms with Crippen LogP contribution in [-0.2, 0) is 21.1 Å². The van der Waals surface area contributed by atoms with Gasteiger partial charge in [0.1, 0.15) is 28.9 Å². The van der Waals surface area contributed by atoms with Crippen LogP contribution in [-0.4, -0.2) is 75.3 Å². The summed E-state index contributed by atoms with van der Waals surface area (Å²) in [6, 6.07) is 0. The summed E-state index contributed by atoms with van der Waals surface area (Å²) in [7, 11) is 5.68. The van der Waals surface area contributed by atoms with Gasteiger partial charge in [-0.25, -0.2) is 29.9 Å². The van der Waals surface area contributed by atoms with Crippen LogP contribution in [0.4, 0.5) is 11.8 Å². The zero-order chi connectivity index (χ0) is 40.9. The van der Waals surface area contributed by atoms with Gasteiger partial charge in [0.15, 0.2) is 33.8 Å². The number of ether oxygens (including phenoxy) is 2. The summed E-state index contributed by atoms with van der Waals surface area (Å²) in [6.07, 6.45) is 6.61. The minimum absolute atomic E-state index is 0.0365. The minimum Gasteiger partial charge on any atom is -0.470 e. The molecule has 0 bridgehead atoms. The molecule has 53 heavy (non-hydrogen) atoms. The Kier molecular flexibility index (Phi) is 17.0. The fourth-order valence-electron chi connectivity index (χ4n) is 4.20. The first-order valence-corrected chi connectivity index (χ1v) is 18.1. The maximum absolute atomic E-state index is 5.70. The standard InChI is InChI=1S/C11H17N5.C10H15N5O.C10H14N4O.3C2H6/c1-7-13-9(15-11(2,3)4)8-10(14-7)16(5)6-12-8;1-10(2,3)16-8-6-7(13-9(11)14-8)15(4)5-12-6;1-10(2,3)15-9-7-8(11-5-12-9)14(4)6-13-7;3*1-2/h6H,1-5H3,(H,13,14,15);5H,1-4H3,(H2,11,13,14);5-6H,1-4H3;3*1-2H3. The second kappa shape index (κ2) is 19.6. The number of fused-ring (bicyclic) bond motifs is 3. The van der Waals surface area contributed by atoms with Crippen molar-refractivity contribution >= 4 is 45.3 Å². The van der Waals surface area contributed by atoms with Gasteiger partial charge in [0.25, 0.3) is 0 Å². The summed E-state index contributed by atoms with van der Waals surface area (Å²) in [5.41, 5.74) is 9.44. The summed E-state index contributed by atoms with van der Waals surface area (Å²) in [5, 5.41) is 3.35. The second-order valence-corrected chi connectivity index (χ2v) is 14.1. The van der Waals surface area contributed by atoms with E-state index in [0.717, 1.165) is 28.5 Å². The van der Waals surface area contributed by atoms with Gasteiger partial charge in [-0.3, -0.25) is 0 Å². The molecule has 0 fully saturated rings. The van der Waals surface area contributed by atoms with Crippen LogP contribution in [0.25, 0.3) is 33.5 Å². The van der Waals surface area contributed by atoms with Crippen molar-refractivity contribution in [2.75, 3.05) is 11.1 Å². The molecule has 0 aliphatic heterocycles. The van der Waals surface area contributed by atoms with E-state index in [1.165, 1.54) is 6.33 Å². The molecular formula is C37H64N14O2. The Balaban J connectivity index is 0.000000371. The monoisotopic (exact) mass is 737 g/mol. The van der Waals surface area contributed by atoms with Crippen molar-refractivity contribution in [3.63, 3.8) is 0 Å². The molecule has 0 aliphatic rings. The third-order valence-corrected chi connectivity index (χ3v) is 5.98. The first-order chi connectivity index (χ1) is 24.7. The number of imidazole rings is 3. The van der Waals surface area contributed by atoms with Crippen LogP contribution in [0.15, 0.2) is 25.3 Å². The largest absolute Gasteiger partial charge is 0.470 e. The normalized spacial score (nSPS) is 11.0. The van der Waals surface area contributed by atoms with Gasteiger partial charge in [0.05, 0.1) is 19.0 Å². The highest BCUT2D eigenvalue weighted by molar-refractivity contribution is 5.83. The molecular weight excluding hydrogens is 673 g/mol. The molecule has 0 spiro atoms. The lowest BCUT2D eigenvalue weighted by Gasteiger charge is -2.21. The van der Waals surface area contributed by atoms with E-state index in [0.29, 0.717) is 28.4 Å². The summed E-state index contributed by atoms with van der Waals surface area (Å²) >= 11 is 0. The maximum atomic E-state index is 5.70. The molecule has 0 aromatic carbocycles. The van der Waals surface area contributed by atoms with Gasteiger partial charge >= 0.3 is 0 Å². The number of nitrogens with zero attached hydrogens (tertiary/aromatic N) is 12. The number of anilines is 2. The zero-order valence-corrected chi connectivity index (χ0v) is 35.6. The van der Waals surface area contributed by atoms with Crippen molar-refractivity contribution in [1.29, 1.82) is 0 Å². The number of nitrogens with one attached hydrogen (secondary N) is 1. The molecule has 0 atom stereocenters. The summed E-state index contributed by atoms with van der Waals surface area (Å²) < 4.78 is 16.9. The van der Waals surface area contributed by atoms with Crippen LogP contribution < -0.4 is 20.5 Å². The molecule has 16 nitrogen and oxygen atoms in total. The van der Waals surface area contributed by atoms with Gasteiger partial charge in [-0.05, 0) is 69.2 Å². The van der Waals surface area contributed by atoms with Crippen molar-refractivity contribution in [2.45, 2.75) is 128 Å². The summed E-state index contributed by atoms with van der Waals surface area (Å²) in [5.74, 6) is 2.71. The molecule has 0 amide bonds. The lowest BCUT2D eigenvalue weighted by molar-refractivity contribution is 0.125. The molecule has 0 saturated heterocycles. The first kappa shape index (κ1) is 45.9. The Hall–Kier alpha value is -5.15. The molecule has 0 unspecified atom stereocenters. The third-order valence-electron chi connectivity index (χ3n) is 5.98. The van der Waals surface area contributed by atoms with Crippen LogP contribution in [0.1, 0.15) is 110 Å². The fraction of sp³-hybridized carbons (Fsp3) is 0.595. The topological polar surface area (TPSA) is 187 Å². The van der Waals surface area contributed by atoms with Gasteiger partial charge in [-0.15, -0.1) is 0 Å². The van der Waals surface area contributed by atoms with E-state index in [2.05, 4.69) is 70.9 Å². The molecule has 0 aliphatic carbocycles. The number of rotatable bonds is 3. The second-order valence-electron chi connectivity index (χ2n) is 14.1. The van der Waals surface area contributed by atoms with Crippen LogP contribution in [0.3, 0.4) is 0 Å². The highest BCUT2D eigenvalue weighted by Crippen LogP contribution is 2.25. The number of nitrogens with two attached hydrogens (primary N) is 1. The van der Waals surface area contributed by atoms with Crippen molar-refractivity contribution in [3.05, 3.63) is 31.1 Å². The first-order valence-electron chi connectivity index (χ1n) is 18.1. The molecule has 0 saturated carbocycles. The van der Waals surface area contributed by atoms with E-state index in [-0.39, 0.29) is 22.7 Å². The number of hydrogen-bond acceptors (Lipinski definition) is 13. The van der Waals surface area contributed by atoms with Gasteiger partial charge in [0.2, 0.25) is 17.7 Å². The summed E-state index contributed by atoms with van der Waals surface area (Å²) in [6.45, 7) is 31.9.